The summed E-state index contributed by atoms with van der Waals surface area (Å²) in [6.45, 7) is 15.7. The van der Waals surface area contributed by atoms with Gasteiger partial charge in [-0.25, -0.2) is 13.6 Å². The first-order chi connectivity index (χ1) is 25.2. The van der Waals surface area contributed by atoms with E-state index >= 15 is 0 Å². The molecule has 12 heteroatoms. The predicted molar refractivity (Wildman–Crippen MR) is 217 cm³/mol. The van der Waals surface area contributed by atoms with Crippen molar-refractivity contribution in [3.63, 3.8) is 0 Å². The molecule has 0 bridgehead atoms. The molecule has 1 amide bonds. The van der Waals surface area contributed by atoms with Crippen molar-refractivity contribution in [3.8, 4) is 5.75 Å². The van der Waals surface area contributed by atoms with E-state index in [9.17, 15) is 27.6 Å². The molecule has 1 saturated heterocycles. The second-order valence-corrected chi connectivity index (χ2v) is 18.0. The third kappa shape index (κ3) is 12.3. The summed E-state index contributed by atoms with van der Waals surface area (Å²) < 4.78 is 43.2. The van der Waals surface area contributed by atoms with E-state index in [1.54, 1.807) is 0 Å². The van der Waals surface area contributed by atoms with Crippen molar-refractivity contribution in [2.24, 2.45) is 22.7 Å². The van der Waals surface area contributed by atoms with Crippen molar-refractivity contribution in [3.05, 3.63) is 28.8 Å². The molecule has 4 atom stereocenters. The van der Waals surface area contributed by atoms with Gasteiger partial charge in [-0.2, -0.15) is 12.6 Å². The average molecular weight is 773 g/mol. The van der Waals surface area contributed by atoms with E-state index in [1.807, 2.05) is 4.90 Å². The van der Waals surface area contributed by atoms with E-state index in [0.29, 0.717) is 47.2 Å². The molecule has 1 aromatic carbocycles. The highest BCUT2D eigenvalue weighted by molar-refractivity contribution is 7.80. The molecular formula is C42H65B2F3N2O4S. The predicted octanol–water partition coefficient (Wildman–Crippen LogP) is 9.42. The zero-order valence-corrected chi connectivity index (χ0v) is 34.9. The number of unbranched alkanes of at least 4 members (excludes halogenated alkanes) is 2. The normalized spacial score (nSPS) is 24.3. The molecule has 2 saturated carbocycles. The standard InChI is InChI=1S/C31H44N2O4.C6H14.C5H7B2F3S/c1-21-19-26-22(7-8-25-24(26)11-14-31(2)27(25)9-10-29(31)35)20-28(21)37-30(36)33-16-12-23(13-17-33)32(3)15-5-4-6-18-34;1-5-6(2,3)4;6-5(7,10)4(8,9)2-1-3-11/h18-20,23-25,27H,4-17H2,1-3H3;5H2,1-4H3;11H,1-3H2. The first-order valence-corrected chi connectivity index (χ1v) is 20.8. The van der Waals surface area contributed by atoms with E-state index in [1.165, 1.54) is 17.5 Å². The van der Waals surface area contributed by atoms with Crippen molar-refractivity contribution in [1.82, 2.24) is 9.80 Å². The van der Waals surface area contributed by atoms with Gasteiger partial charge in [-0.1, -0.05) is 47.1 Å². The number of carbonyl (C=O) groups is 3. The smallest absolute Gasteiger partial charge is 0.410 e. The van der Waals surface area contributed by atoms with Gasteiger partial charge in [0.15, 0.2) is 0 Å². The molecule has 300 valence electrons. The molecule has 3 fully saturated rings. The number of fused-ring (bicyclic) bond motifs is 5. The van der Waals surface area contributed by atoms with Gasteiger partial charge < -0.3 is 19.3 Å². The fourth-order valence-corrected chi connectivity index (χ4v) is 8.66. The Labute approximate surface area is 332 Å². The quantitative estimate of drug-likeness (QED) is 0.105. The van der Waals surface area contributed by atoms with Crippen LogP contribution < -0.4 is 4.74 Å². The summed E-state index contributed by atoms with van der Waals surface area (Å²) in [5.41, 5.74) is 0.829. The van der Waals surface area contributed by atoms with Gasteiger partial charge in [-0.3, -0.25) is 9.18 Å². The summed E-state index contributed by atoms with van der Waals surface area (Å²) in [5, 5.41) is 0. The van der Waals surface area contributed by atoms with Crippen molar-refractivity contribution < 1.29 is 32.3 Å². The van der Waals surface area contributed by atoms with Crippen LogP contribution in [0.2, 0.25) is 0 Å². The van der Waals surface area contributed by atoms with Crippen LogP contribution in [0.5, 0.6) is 5.75 Å². The monoisotopic (exact) mass is 772 g/mol. The SMILES string of the molecule is CCC(C)(C)C.Cc1cc2c(cc1OC(=O)N1CCC(N(C)CCCCC=O)CC1)CCC1C2CCC2(C)C(=O)CCC12.[B]C([B])(F)C(F)(F)CCCS. The number of benzene rings is 1. The first-order valence-electron chi connectivity index (χ1n) is 20.2. The van der Waals surface area contributed by atoms with Crippen molar-refractivity contribution in [1.29, 1.82) is 0 Å². The van der Waals surface area contributed by atoms with Gasteiger partial charge >= 0.3 is 6.09 Å². The summed E-state index contributed by atoms with van der Waals surface area (Å²) in [6, 6.07) is 4.89. The lowest BCUT2D eigenvalue weighted by Gasteiger charge is -2.48. The fraction of sp³-hybridized carbons (Fsp3) is 0.786. The van der Waals surface area contributed by atoms with Crippen LogP contribution in [0.1, 0.15) is 141 Å². The highest BCUT2D eigenvalue weighted by atomic mass is 32.1. The van der Waals surface area contributed by atoms with Crippen LogP contribution in [-0.2, 0) is 16.0 Å². The number of rotatable bonds is 11. The molecule has 4 unspecified atom stereocenters. The van der Waals surface area contributed by atoms with Crippen LogP contribution in [0, 0.1) is 29.6 Å². The van der Waals surface area contributed by atoms with E-state index in [4.69, 9.17) is 4.74 Å². The Hall–Kier alpha value is -1.94. The zero-order chi connectivity index (χ0) is 40.5. The van der Waals surface area contributed by atoms with E-state index in [2.05, 4.69) is 93.9 Å². The van der Waals surface area contributed by atoms with Crippen LogP contribution in [0.4, 0.5) is 18.0 Å². The number of likely N-dealkylation sites (tertiary alicyclic amines) is 1. The molecule has 1 aliphatic heterocycles. The van der Waals surface area contributed by atoms with E-state index < -0.39 is 17.8 Å². The lowest BCUT2D eigenvalue weighted by atomic mass is 9.55. The van der Waals surface area contributed by atoms with E-state index in [-0.39, 0.29) is 23.7 Å². The number of Topliss-reactive ketones (excluding diaryl/α,β-unsaturated/α-hetero) is 1. The summed E-state index contributed by atoms with van der Waals surface area (Å²) in [6.07, 6.45) is 12.0. The summed E-state index contributed by atoms with van der Waals surface area (Å²) in [5.74, 6) is -0.552. The van der Waals surface area contributed by atoms with Gasteiger partial charge in [-0.15, -0.1) is 0 Å². The number of aldehydes is 1. The molecule has 0 spiro atoms. The third-order valence-corrected chi connectivity index (χ3v) is 12.9. The van der Waals surface area contributed by atoms with Crippen LogP contribution >= 0.6 is 12.6 Å². The van der Waals surface area contributed by atoms with Gasteiger partial charge in [-0.05, 0) is 136 Å². The number of piperidine rings is 1. The van der Waals surface area contributed by atoms with Gasteiger partial charge in [0.2, 0.25) is 0 Å². The Morgan fingerprint density at radius 2 is 1.70 bits per heavy atom. The second kappa shape index (κ2) is 20.0. The second-order valence-electron chi connectivity index (χ2n) is 17.6. The lowest BCUT2D eigenvalue weighted by molar-refractivity contribution is -0.129. The molecule has 0 N–H and O–H groups in total. The molecule has 6 nitrogen and oxygen atoms in total. The van der Waals surface area contributed by atoms with E-state index in [0.717, 1.165) is 95.7 Å². The highest BCUT2D eigenvalue weighted by Gasteiger charge is 2.54. The fourth-order valence-electron chi connectivity index (χ4n) is 8.51. The van der Waals surface area contributed by atoms with Crippen molar-refractivity contribution in [2.75, 3.05) is 32.4 Å². The number of alkyl halides is 3. The Bertz CT molecular complexity index is 1400. The number of hydrogen-bond donors (Lipinski definition) is 1. The first kappa shape index (κ1) is 46.4. The van der Waals surface area contributed by atoms with Crippen LogP contribution in [0.15, 0.2) is 12.1 Å². The van der Waals surface area contributed by atoms with Crippen LogP contribution in [0.25, 0.3) is 0 Å². The number of carbonyl (C=O) groups excluding carboxylic acids is 3. The maximum atomic E-state index is 13.1. The Balaban J connectivity index is 0.000000385. The highest BCUT2D eigenvalue weighted by Crippen LogP contribution is 2.59. The Morgan fingerprint density at radius 1 is 1.06 bits per heavy atom. The molecule has 4 aliphatic rings. The number of ether oxygens (including phenoxy) is 1. The summed E-state index contributed by atoms with van der Waals surface area (Å²) in [7, 11) is 10.9. The topological polar surface area (TPSA) is 66.9 Å². The van der Waals surface area contributed by atoms with Gasteiger partial charge in [0.25, 0.3) is 5.92 Å². The number of nitrogens with zero attached hydrogens (tertiary/aromatic N) is 2. The summed E-state index contributed by atoms with van der Waals surface area (Å²) >= 11 is 3.69. The van der Waals surface area contributed by atoms with Gasteiger partial charge in [0.05, 0.1) is 5.47 Å². The van der Waals surface area contributed by atoms with Crippen molar-refractivity contribution in [2.45, 2.75) is 155 Å². The van der Waals surface area contributed by atoms with Gasteiger partial charge in [0, 0.05) is 43.8 Å². The largest absolute Gasteiger partial charge is 0.415 e. The third-order valence-electron chi connectivity index (χ3n) is 12.6. The number of halogens is 3. The van der Waals surface area contributed by atoms with Crippen LogP contribution in [-0.4, -0.2) is 93.5 Å². The number of hydrogen-bond acceptors (Lipinski definition) is 6. The molecule has 1 heterocycles. The number of ketones is 1. The zero-order valence-electron chi connectivity index (χ0n) is 34.0. The minimum Gasteiger partial charge on any atom is -0.410 e. The maximum Gasteiger partial charge on any atom is 0.415 e. The average Bonchev–Trinajstić information content (AvgIpc) is 3.43. The molecule has 5 rings (SSSR count). The van der Waals surface area contributed by atoms with Crippen LogP contribution in [0.3, 0.4) is 0 Å². The lowest BCUT2D eigenvalue weighted by Crippen LogP contribution is -2.46. The number of aryl methyl sites for hydroxylation is 2. The number of amides is 1. The molecule has 0 aromatic heterocycles. The minimum absolute atomic E-state index is 0.0795. The van der Waals surface area contributed by atoms with Gasteiger partial charge in [0.1, 0.15) is 33.5 Å². The molecule has 1 aromatic rings. The maximum absolute atomic E-state index is 13.1. The molecule has 4 radical (unpaired) electrons. The Morgan fingerprint density at radius 3 is 2.28 bits per heavy atom. The summed E-state index contributed by atoms with van der Waals surface area (Å²) in [4.78, 5) is 40.4. The van der Waals surface area contributed by atoms with Crippen molar-refractivity contribution >= 4 is 46.5 Å². The Kier molecular flexibility index (Phi) is 17.2. The molecule has 54 heavy (non-hydrogen) atoms. The molecule has 3 aliphatic carbocycles. The number of thiol groups is 1. The molecular weight excluding hydrogens is 707 g/mol. The minimum atomic E-state index is -3.67.